The maximum Gasteiger partial charge on any atom is 0.130 e. The monoisotopic (exact) mass is 185 g/mol. The van der Waals surface area contributed by atoms with E-state index in [4.69, 9.17) is 4.84 Å². The van der Waals surface area contributed by atoms with E-state index in [2.05, 4.69) is 5.48 Å². The van der Waals surface area contributed by atoms with E-state index in [1.54, 1.807) is 0 Å². The fourth-order valence-electron chi connectivity index (χ4n) is 1.40. The van der Waals surface area contributed by atoms with Crippen LogP contribution in [0.25, 0.3) is 0 Å². The first-order valence-corrected chi connectivity index (χ1v) is 4.09. The molecule has 1 aromatic carbocycles. The lowest BCUT2D eigenvalue weighted by atomic mass is 10.1. The predicted octanol–water partition coefficient (Wildman–Crippen LogP) is 1.93. The zero-order valence-electron chi connectivity index (χ0n) is 6.89. The van der Waals surface area contributed by atoms with Crippen molar-refractivity contribution in [2.24, 2.45) is 0 Å². The Hall–Kier alpha value is -1.00. The molecular formula is C9H9F2NO. The third kappa shape index (κ3) is 1.68. The fraction of sp³-hybridized carbons (Fsp3) is 0.333. The van der Waals surface area contributed by atoms with Crippen molar-refractivity contribution >= 4 is 0 Å². The highest BCUT2D eigenvalue weighted by Crippen LogP contribution is 2.23. The van der Waals surface area contributed by atoms with Crippen LogP contribution < -0.4 is 5.48 Å². The van der Waals surface area contributed by atoms with Gasteiger partial charge in [0.2, 0.25) is 0 Å². The molecule has 13 heavy (non-hydrogen) atoms. The Morgan fingerprint density at radius 1 is 1.38 bits per heavy atom. The lowest BCUT2D eigenvalue weighted by molar-refractivity contribution is 0.0877. The van der Waals surface area contributed by atoms with Crippen molar-refractivity contribution in [3.63, 3.8) is 0 Å². The summed E-state index contributed by atoms with van der Waals surface area (Å²) in [4.78, 5) is 4.89. The van der Waals surface area contributed by atoms with Gasteiger partial charge in [-0.1, -0.05) is 6.07 Å². The first kappa shape index (κ1) is 8.59. The van der Waals surface area contributed by atoms with Gasteiger partial charge in [0.1, 0.15) is 11.6 Å². The highest BCUT2D eigenvalue weighted by Gasteiger charge is 2.20. The summed E-state index contributed by atoms with van der Waals surface area (Å²) in [6.07, 6.45) is 0.711. The predicted molar refractivity (Wildman–Crippen MR) is 42.8 cm³/mol. The molecule has 1 fully saturated rings. The third-order valence-electron chi connectivity index (χ3n) is 2.07. The average Bonchev–Trinajstić information content (AvgIpc) is 2.56. The van der Waals surface area contributed by atoms with E-state index in [0.29, 0.717) is 18.6 Å². The normalized spacial score (nSPS) is 22.2. The molecule has 70 valence electrons. The summed E-state index contributed by atoms with van der Waals surface area (Å²) < 4.78 is 25.7. The molecule has 2 rings (SSSR count). The lowest BCUT2D eigenvalue weighted by Crippen LogP contribution is -2.12. The molecular weight excluding hydrogens is 176 g/mol. The van der Waals surface area contributed by atoms with Crippen molar-refractivity contribution in [3.8, 4) is 0 Å². The van der Waals surface area contributed by atoms with Crippen LogP contribution in [0.5, 0.6) is 0 Å². The number of nitrogens with one attached hydrogen (secondary N) is 1. The van der Waals surface area contributed by atoms with Gasteiger partial charge < -0.3 is 4.84 Å². The van der Waals surface area contributed by atoms with Gasteiger partial charge in [0.25, 0.3) is 0 Å². The molecule has 1 aliphatic rings. The van der Waals surface area contributed by atoms with Crippen LogP contribution in [0.4, 0.5) is 8.78 Å². The molecule has 0 spiro atoms. The van der Waals surface area contributed by atoms with Gasteiger partial charge in [-0.15, -0.1) is 0 Å². The highest BCUT2D eigenvalue weighted by atomic mass is 19.1. The molecule has 1 heterocycles. The quantitative estimate of drug-likeness (QED) is 0.721. The van der Waals surface area contributed by atoms with E-state index < -0.39 is 11.6 Å². The Balaban J connectivity index is 2.29. The highest BCUT2D eigenvalue weighted by molar-refractivity contribution is 5.22. The summed E-state index contributed by atoms with van der Waals surface area (Å²) >= 11 is 0. The number of hydroxylamine groups is 1. The SMILES string of the molecule is Fc1ccc([C@H]2CCON2)c(F)c1. The van der Waals surface area contributed by atoms with Gasteiger partial charge in [0.15, 0.2) is 0 Å². The minimum Gasteiger partial charge on any atom is -0.301 e. The smallest absolute Gasteiger partial charge is 0.130 e. The van der Waals surface area contributed by atoms with Crippen molar-refractivity contribution in [1.29, 1.82) is 0 Å². The molecule has 1 atom stereocenters. The largest absolute Gasteiger partial charge is 0.301 e. The second kappa shape index (κ2) is 3.40. The number of hydrogen-bond donors (Lipinski definition) is 1. The first-order chi connectivity index (χ1) is 6.27. The van der Waals surface area contributed by atoms with Crippen LogP contribution in [0.3, 0.4) is 0 Å². The summed E-state index contributed by atoms with van der Waals surface area (Å²) in [6, 6.07) is 3.42. The van der Waals surface area contributed by atoms with Crippen LogP contribution in [0.15, 0.2) is 18.2 Å². The van der Waals surface area contributed by atoms with Crippen LogP contribution in [0.1, 0.15) is 18.0 Å². The minimum absolute atomic E-state index is 0.152. The molecule has 1 N–H and O–H groups in total. The van der Waals surface area contributed by atoms with Gasteiger partial charge in [-0.25, -0.2) is 8.78 Å². The van der Waals surface area contributed by atoms with E-state index in [-0.39, 0.29) is 6.04 Å². The summed E-state index contributed by atoms with van der Waals surface area (Å²) in [6.45, 7) is 0.557. The number of benzene rings is 1. The van der Waals surface area contributed by atoms with E-state index in [1.165, 1.54) is 12.1 Å². The number of halogens is 2. The number of hydrogen-bond acceptors (Lipinski definition) is 2. The topological polar surface area (TPSA) is 21.3 Å². The van der Waals surface area contributed by atoms with Gasteiger partial charge in [-0.3, -0.25) is 0 Å². The standard InChI is InChI=1S/C9H9F2NO/c10-6-1-2-7(8(11)5-6)9-3-4-13-12-9/h1-2,5,9,12H,3-4H2/t9-/m1/s1. The lowest BCUT2D eigenvalue weighted by Gasteiger charge is -2.09. The van der Waals surface area contributed by atoms with Gasteiger partial charge >= 0.3 is 0 Å². The van der Waals surface area contributed by atoms with Gasteiger partial charge in [-0.05, 0) is 12.5 Å². The molecule has 1 aliphatic heterocycles. The Morgan fingerprint density at radius 2 is 2.23 bits per heavy atom. The maximum atomic E-state index is 13.2. The van der Waals surface area contributed by atoms with Crippen molar-refractivity contribution < 1.29 is 13.6 Å². The van der Waals surface area contributed by atoms with Gasteiger partial charge in [0, 0.05) is 11.6 Å². The van der Waals surface area contributed by atoms with E-state index >= 15 is 0 Å². The summed E-state index contributed by atoms with van der Waals surface area (Å²) in [7, 11) is 0. The molecule has 1 aromatic rings. The fourth-order valence-corrected chi connectivity index (χ4v) is 1.40. The Kier molecular flexibility index (Phi) is 2.24. The molecule has 2 nitrogen and oxygen atoms in total. The van der Waals surface area contributed by atoms with Crippen molar-refractivity contribution in [2.45, 2.75) is 12.5 Å². The van der Waals surface area contributed by atoms with Crippen LogP contribution in [0, 0.1) is 11.6 Å². The van der Waals surface area contributed by atoms with Crippen LogP contribution in [0.2, 0.25) is 0 Å². The molecule has 0 radical (unpaired) electrons. The van der Waals surface area contributed by atoms with Crippen molar-refractivity contribution in [1.82, 2.24) is 5.48 Å². The van der Waals surface area contributed by atoms with Gasteiger partial charge in [0.05, 0.1) is 12.6 Å². The van der Waals surface area contributed by atoms with E-state index in [9.17, 15) is 8.78 Å². The summed E-state index contributed by atoms with van der Waals surface area (Å²) in [5.41, 5.74) is 3.13. The molecule has 0 amide bonds. The maximum absolute atomic E-state index is 13.2. The van der Waals surface area contributed by atoms with Gasteiger partial charge in [-0.2, -0.15) is 5.48 Å². The van der Waals surface area contributed by atoms with Crippen molar-refractivity contribution in [3.05, 3.63) is 35.4 Å². The first-order valence-electron chi connectivity index (χ1n) is 4.09. The number of rotatable bonds is 1. The summed E-state index contributed by atoms with van der Waals surface area (Å²) in [5, 5.41) is 0. The van der Waals surface area contributed by atoms with Crippen LogP contribution in [-0.2, 0) is 4.84 Å². The molecule has 0 bridgehead atoms. The minimum atomic E-state index is -0.555. The molecule has 4 heteroatoms. The van der Waals surface area contributed by atoms with Crippen LogP contribution >= 0.6 is 0 Å². The zero-order chi connectivity index (χ0) is 9.26. The van der Waals surface area contributed by atoms with E-state index in [1.807, 2.05) is 0 Å². The second-order valence-corrected chi connectivity index (χ2v) is 2.97. The Labute approximate surface area is 74.5 Å². The third-order valence-corrected chi connectivity index (χ3v) is 2.07. The average molecular weight is 185 g/mol. The molecule has 0 unspecified atom stereocenters. The molecule has 0 aliphatic carbocycles. The Morgan fingerprint density at radius 3 is 2.85 bits per heavy atom. The zero-order valence-corrected chi connectivity index (χ0v) is 6.89. The van der Waals surface area contributed by atoms with Crippen LogP contribution in [-0.4, -0.2) is 6.61 Å². The summed E-state index contributed by atoms with van der Waals surface area (Å²) in [5.74, 6) is -1.08. The molecule has 1 saturated heterocycles. The van der Waals surface area contributed by atoms with Crippen molar-refractivity contribution in [2.75, 3.05) is 6.61 Å². The molecule has 0 aromatic heterocycles. The molecule has 0 saturated carbocycles. The van der Waals surface area contributed by atoms with E-state index in [0.717, 1.165) is 6.07 Å². The Bertz CT molecular complexity index is 310. The second-order valence-electron chi connectivity index (χ2n) is 2.97.